The molecular weight excluding hydrogens is 282 g/mol. The molecular formula is C13H17NO5S. The number of hydrogen-bond donors (Lipinski definition) is 2. The van der Waals surface area contributed by atoms with Gasteiger partial charge in [-0.2, -0.15) is 0 Å². The number of benzene rings is 1. The second kappa shape index (κ2) is 6.04. The topological polar surface area (TPSA) is 101 Å². The van der Waals surface area contributed by atoms with Crippen molar-refractivity contribution in [3.63, 3.8) is 0 Å². The van der Waals surface area contributed by atoms with Crippen molar-refractivity contribution in [2.45, 2.75) is 31.2 Å². The highest BCUT2D eigenvalue weighted by Gasteiger charge is 2.18. The number of nitrogens with one attached hydrogen (secondary N) is 1. The highest BCUT2D eigenvalue weighted by molar-refractivity contribution is 7.90. The minimum Gasteiger partial charge on any atom is -0.480 e. The van der Waals surface area contributed by atoms with Crippen LogP contribution in [0, 0.1) is 0 Å². The Morgan fingerprint density at radius 2 is 1.95 bits per heavy atom. The predicted molar refractivity (Wildman–Crippen MR) is 73.5 cm³/mol. The average molecular weight is 299 g/mol. The Hall–Kier alpha value is -1.89. The van der Waals surface area contributed by atoms with Gasteiger partial charge in [0.2, 0.25) is 0 Å². The molecule has 7 heteroatoms. The standard InChI is InChI=1S/C13H17NO5S/c1-4-9-5-6-10(7-11(9)20(3,18)19)12(15)14-8(2)13(16)17/h5-8H,4H2,1-3H3,(H,14,15)(H,16,17). The highest BCUT2D eigenvalue weighted by Crippen LogP contribution is 2.18. The highest BCUT2D eigenvalue weighted by atomic mass is 32.2. The van der Waals surface area contributed by atoms with Gasteiger partial charge < -0.3 is 10.4 Å². The van der Waals surface area contributed by atoms with Gasteiger partial charge >= 0.3 is 5.97 Å². The van der Waals surface area contributed by atoms with Gasteiger partial charge in [0, 0.05) is 11.8 Å². The molecule has 0 radical (unpaired) electrons. The maximum Gasteiger partial charge on any atom is 0.325 e. The van der Waals surface area contributed by atoms with Crippen molar-refractivity contribution in [2.75, 3.05) is 6.26 Å². The molecule has 1 amide bonds. The summed E-state index contributed by atoms with van der Waals surface area (Å²) in [6.45, 7) is 3.15. The van der Waals surface area contributed by atoms with Crippen LogP contribution in [-0.4, -0.2) is 37.7 Å². The van der Waals surface area contributed by atoms with Crippen LogP contribution in [0.3, 0.4) is 0 Å². The lowest BCUT2D eigenvalue weighted by atomic mass is 10.1. The van der Waals surface area contributed by atoms with Crippen LogP contribution in [0.1, 0.15) is 29.8 Å². The predicted octanol–water partition coefficient (Wildman–Crippen LogP) is 0.855. The first-order valence-electron chi connectivity index (χ1n) is 6.03. The molecule has 1 aromatic rings. The Bertz CT molecular complexity index is 636. The molecule has 110 valence electrons. The summed E-state index contributed by atoms with van der Waals surface area (Å²) in [5, 5.41) is 11.0. The van der Waals surface area contributed by atoms with E-state index in [9.17, 15) is 18.0 Å². The number of hydrogen-bond acceptors (Lipinski definition) is 4. The normalized spacial score (nSPS) is 12.8. The Morgan fingerprint density at radius 3 is 2.40 bits per heavy atom. The lowest BCUT2D eigenvalue weighted by Crippen LogP contribution is -2.38. The second-order valence-corrected chi connectivity index (χ2v) is 6.47. The van der Waals surface area contributed by atoms with E-state index in [2.05, 4.69) is 5.32 Å². The number of carbonyl (C=O) groups excluding carboxylic acids is 1. The summed E-state index contributed by atoms with van der Waals surface area (Å²) >= 11 is 0. The number of aliphatic carboxylic acids is 1. The fourth-order valence-electron chi connectivity index (χ4n) is 1.67. The molecule has 1 atom stereocenters. The zero-order chi connectivity index (χ0) is 15.5. The smallest absolute Gasteiger partial charge is 0.325 e. The van der Waals surface area contributed by atoms with Crippen molar-refractivity contribution >= 4 is 21.7 Å². The number of carbonyl (C=O) groups is 2. The van der Waals surface area contributed by atoms with Crippen LogP contribution in [0.15, 0.2) is 23.1 Å². The summed E-state index contributed by atoms with van der Waals surface area (Å²) in [6, 6.07) is 3.28. The molecule has 0 aliphatic heterocycles. The number of rotatable bonds is 5. The fraction of sp³-hybridized carbons (Fsp3) is 0.385. The van der Waals surface area contributed by atoms with Crippen molar-refractivity contribution < 1.29 is 23.1 Å². The van der Waals surface area contributed by atoms with Crippen molar-refractivity contribution in [2.24, 2.45) is 0 Å². The molecule has 0 aliphatic carbocycles. The molecule has 0 saturated heterocycles. The third-order valence-corrected chi connectivity index (χ3v) is 4.01. The molecule has 1 unspecified atom stereocenters. The summed E-state index contributed by atoms with van der Waals surface area (Å²) < 4.78 is 23.4. The summed E-state index contributed by atoms with van der Waals surface area (Å²) in [5.41, 5.74) is 0.742. The Kier molecular flexibility index (Phi) is 4.88. The number of aryl methyl sites for hydroxylation is 1. The van der Waals surface area contributed by atoms with E-state index in [1.165, 1.54) is 19.1 Å². The minimum absolute atomic E-state index is 0.0932. The van der Waals surface area contributed by atoms with Gasteiger partial charge in [-0.05, 0) is 31.0 Å². The molecule has 0 fully saturated rings. The SMILES string of the molecule is CCc1ccc(C(=O)NC(C)C(=O)O)cc1S(C)(=O)=O. The van der Waals surface area contributed by atoms with E-state index in [4.69, 9.17) is 5.11 Å². The van der Waals surface area contributed by atoms with Crippen LogP contribution in [0.5, 0.6) is 0 Å². The molecule has 1 rings (SSSR count). The van der Waals surface area contributed by atoms with E-state index < -0.39 is 27.8 Å². The van der Waals surface area contributed by atoms with Crippen molar-refractivity contribution in [1.29, 1.82) is 0 Å². The van der Waals surface area contributed by atoms with Crippen LogP contribution in [0.4, 0.5) is 0 Å². The third kappa shape index (κ3) is 3.80. The van der Waals surface area contributed by atoms with Crippen molar-refractivity contribution in [3.8, 4) is 0 Å². The van der Waals surface area contributed by atoms with Crippen molar-refractivity contribution in [3.05, 3.63) is 29.3 Å². The first kappa shape index (κ1) is 16.2. The third-order valence-electron chi connectivity index (χ3n) is 2.83. The molecule has 0 spiro atoms. The van der Waals surface area contributed by atoms with Crippen molar-refractivity contribution in [1.82, 2.24) is 5.32 Å². The number of amides is 1. The molecule has 0 aromatic heterocycles. The zero-order valence-electron chi connectivity index (χ0n) is 11.5. The second-order valence-electron chi connectivity index (χ2n) is 4.48. The molecule has 20 heavy (non-hydrogen) atoms. The van der Waals surface area contributed by atoms with E-state index in [0.29, 0.717) is 12.0 Å². The first-order chi connectivity index (χ1) is 9.16. The van der Waals surface area contributed by atoms with Gasteiger partial charge in [0.05, 0.1) is 4.90 Å². The van der Waals surface area contributed by atoms with Gasteiger partial charge in [-0.15, -0.1) is 0 Å². The van der Waals surface area contributed by atoms with Gasteiger partial charge in [0.25, 0.3) is 5.91 Å². The van der Waals surface area contributed by atoms with Crippen LogP contribution >= 0.6 is 0 Å². The van der Waals surface area contributed by atoms with Gasteiger partial charge in [-0.1, -0.05) is 13.0 Å². The zero-order valence-corrected chi connectivity index (χ0v) is 12.3. The van der Waals surface area contributed by atoms with E-state index in [1.807, 2.05) is 6.92 Å². The fourth-order valence-corrected chi connectivity index (χ4v) is 2.70. The van der Waals surface area contributed by atoms with Crippen LogP contribution in [0.2, 0.25) is 0 Å². The Balaban J connectivity index is 3.16. The largest absolute Gasteiger partial charge is 0.480 e. The van der Waals surface area contributed by atoms with E-state index >= 15 is 0 Å². The maximum atomic E-state index is 11.9. The van der Waals surface area contributed by atoms with Crippen LogP contribution in [-0.2, 0) is 21.1 Å². The summed E-state index contributed by atoms with van der Waals surface area (Å²) in [5.74, 6) is -1.78. The number of carboxylic acid groups (broad SMARTS) is 1. The monoisotopic (exact) mass is 299 g/mol. The van der Waals surface area contributed by atoms with E-state index in [1.54, 1.807) is 6.07 Å². The molecule has 1 aromatic carbocycles. The average Bonchev–Trinajstić information content (AvgIpc) is 2.36. The van der Waals surface area contributed by atoms with E-state index in [0.717, 1.165) is 6.26 Å². The maximum absolute atomic E-state index is 11.9. The van der Waals surface area contributed by atoms with Gasteiger partial charge in [-0.25, -0.2) is 8.42 Å². The number of sulfone groups is 1. The lowest BCUT2D eigenvalue weighted by molar-refractivity contribution is -0.138. The van der Waals surface area contributed by atoms with Crippen LogP contribution in [0.25, 0.3) is 0 Å². The summed E-state index contributed by atoms with van der Waals surface area (Å²) in [4.78, 5) is 22.6. The minimum atomic E-state index is -3.44. The number of carboxylic acids is 1. The molecule has 2 N–H and O–H groups in total. The Morgan fingerprint density at radius 1 is 1.35 bits per heavy atom. The Labute approximate surface area is 117 Å². The van der Waals surface area contributed by atoms with Gasteiger partial charge in [0.1, 0.15) is 6.04 Å². The molecule has 0 saturated carbocycles. The van der Waals surface area contributed by atoms with E-state index in [-0.39, 0.29) is 10.5 Å². The molecule has 0 heterocycles. The molecule has 0 aliphatic rings. The lowest BCUT2D eigenvalue weighted by Gasteiger charge is -2.11. The molecule has 0 bridgehead atoms. The first-order valence-corrected chi connectivity index (χ1v) is 7.92. The summed E-state index contributed by atoms with van der Waals surface area (Å²) in [7, 11) is -3.44. The van der Waals surface area contributed by atoms with Crippen LogP contribution < -0.4 is 5.32 Å². The van der Waals surface area contributed by atoms with Gasteiger partial charge in [0.15, 0.2) is 9.84 Å². The van der Waals surface area contributed by atoms with Gasteiger partial charge in [-0.3, -0.25) is 9.59 Å². The summed E-state index contributed by atoms with van der Waals surface area (Å²) in [6.07, 6.45) is 1.60. The molecule has 6 nitrogen and oxygen atoms in total. The quantitative estimate of drug-likeness (QED) is 0.839.